The number of carbonyl (C=O) groups is 4. The van der Waals surface area contributed by atoms with Crippen LogP contribution in [0, 0.1) is 23.7 Å². The number of hydrogen-bond donors (Lipinski definition) is 0. The van der Waals surface area contributed by atoms with E-state index in [-0.39, 0.29) is 26.4 Å². The van der Waals surface area contributed by atoms with Crippen molar-refractivity contribution in [1.82, 2.24) is 0 Å². The van der Waals surface area contributed by atoms with Gasteiger partial charge in [0.25, 0.3) is 0 Å². The fourth-order valence-corrected chi connectivity index (χ4v) is 5.62. The van der Waals surface area contributed by atoms with E-state index in [1.807, 2.05) is 48.5 Å². The third kappa shape index (κ3) is 10.2. The van der Waals surface area contributed by atoms with Crippen LogP contribution in [0.3, 0.4) is 0 Å². The van der Waals surface area contributed by atoms with Crippen LogP contribution in [0.4, 0.5) is 0 Å². The van der Waals surface area contributed by atoms with Crippen LogP contribution in [0.5, 0.6) is 0 Å². The van der Waals surface area contributed by atoms with Gasteiger partial charge >= 0.3 is 23.9 Å². The van der Waals surface area contributed by atoms with E-state index in [1.165, 1.54) is 0 Å². The van der Waals surface area contributed by atoms with Crippen LogP contribution in [0.1, 0.15) is 89.5 Å². The predicted octanol–water partition coefficient (Wildman–Crippen LogP) is 6.44. The standard InChI is InChI=1S/C36H50O8/c1-9-41-33(37)31(34(38)42-10-2)29(27-17-13-25(14-18-27)21-23(5)6)30(28-19-15-26(16-20-28)22-24(7)8)32(35(39)43-11-3)36(40)44-12-4/h13-20,23-24,29-32H,9-12,21-22H2,1-8H3/t29-,30+. The van der Waals surface area contributed by atoms with E-state index < -0.39 is 47.5 Å². The SMILES string of the molecule is CCOC(=O)C(C(=O)OCC)[C@@H](c1ccc(CC(C)C)cc1)[C@@H](c1ccc(CC(C)C)cc1)C(C(=O)OCC)C(=O)OCC. The number of ether oxygens (including phenoxy) is 4. The number of rotatable bonds is 17. The van der Waals surface area contributed by atoms with Crippen LogP contribution in [0.15, 0.2) is 48.5 Å². The Morgan fingerprint density at radius 1 is 0.477 bits per heavy atom. The van der Waals surface area contributed by atoms with Gasteiger partial charge in [-0.3, -0.25) is 19.2 Å². The molecule has 0 N–H and O–H groups in total. The minimum atomic E-state index is -1.47. The molecule has 0 saturated carbocycles. The minimum absolute atomic E-state index is 0.0303. The fourth-order valence-electron chi connectivity index (χ4n) is 5.62. The van der Waals surface area contributed by atoms with Crippen molar-refractivity contribution in [3.63, 3.8) is 0 Å². The Bertz CT molecular complexity index is 1070. The highest BCUT2D eigenvalue weighted by atomic mass is 16.6. The zero-order valence-corrected chi connectivity index (χ0v) is 27.6. The quantitative estimate of drug-likeness (QED) is 0.115. The van der Waals surface area contributed by atoms with Gasteiger partial charge in [-0.1, -0.05) is 76.2 Å². The second-order valence-corrected chi connectivity index (χ2v) is 11.7. The second kappa shape index (κ2) is 18.2. The Labute approximate surface area is 262 Å². The summed E-state index contributed by atoms with van der Waals surface area (Å²) in [6.45, 7) is 15.2. The highest BCUT2D eigenvalue weighted by molar-refractivity contribution is 5.99. The summed E-state index contributed by atoms with van der Waals surface area (Å²) in [5.74, 6) is -7.37. The maximum absolute atomic E-state index is 13.7. The summed E-state index contributed by atoms with van der Waals surface area (Å²) in [6.07, 6.45) is 1.66. The van der Waals surface area contributed by atoms with Gasteiger partial charge in [-0.05, 0) is 74.6 Å². The van der Waals surface area contributed by atoms with Gasteiger partial charge in [0, 0.05) is 11.8 Å². The summed E-state index contributed by atoms with van der Waals surface area (Å²) in [7, 11) is 0. The third-order valence-electron chi connectivity index (χ3n) is 7.28. The summed E-state index contributed by atoms with van der Waals surface area (Å²) < 4.78 is 21.7. The summed E-state index contributed by atoms with van der Waals surface area (Å²) in [5, 5.41) is 0. The molecule has 44 heavy (non-hydrogen) atoms. The van der Waals surface area contributed by atoms with Crippen LogP contribution in [-0.2, 0) is 51.0 Å². The van der Waals surface area contributed by atoms with Gasteiger partial charge < -0.3 is 18.9 Å². The van der Waals surface area contributed by atoms with Crippen molar-refractivity contribution >= 4 is 23.9 Å². The molecular weight excluding hydrogens is 560 g/mol. The molecule has 0 aromatic heterocycles. The van der Waals surface area contributed by atoms with Crippen LogP contribution >= 0.6 is 0 Å². The highest BCUT2D eigenvalue weighted by Crippen LogP contribution is 2.46. The average Bonchev–Trinajstić information content (AvgIpc) is 2.95. The summed E-state index contributed by atoms with van der Waals surface area (Å²) in [6, 6.07) is 15.2. The molecule has 2 rings (SSSR count). The van der Waals surface area contributed by atoms with Gasteiger partial charge in [0.2, 0.25) is 0 Å². The van der Waals surface area contributed by atoms with Crippen molar-refractivity contribution in [2.45, 2.75) is 80.1 Å². The molecule has 8 heteroatoms. The summed E-state index contributed by atoms with van der Waals surface area (Å²) in [5.41, 5.74) is 3.32. The molecule has 0 aliphatic heterocycles. The molecule has 2 aromatic carbocycles. The van der Waals surface area contributed by atoms with Crippen molar-refractivity contribution in [2.75, 3.05) is 26.4 Å². The van der Waals surface area contributed by atoms with Crippen molar-refractivity contribution < 1.29 is 38.1 Å². The van der Waals surface area contributed by atoms with Crippen molar-refractivity contribution in [3.05, 3.63) is 70.8 Å². The first-order valence-electron chi connectivity index (χ1n) is 15.8. The Kier molecular flexibility index (Phi) is 15.1. The van der Waals surface area contributed by atoms with Gasteiger partial charge in [-0.25, -0.2) is 0 Å². The first-order valence-corrected chi connectivity index (χ1v) is 15.8. The van der Waals surface area contributed by atoms with E-state index in [4.69, 9.17) is 18.9 Å². The zero-order valence-electron chi connectivity index (χ0n) is 27.6. The molecule has 2 atom stereocenters. The van der Waals surface area contributed by atoms with E-state index >= 15 is 0 Å². The summed E-state index contributed by atoms with van der Waals surface area (Å²) >= 11 is 0. The smallest absolute Gasteiger partial charge is 0.320 e. The molecule has 0 saturated heterocycles. The van der Waals surface area contributed by atoms with Gasteiger partial charge in [0.05, 0.1) is 26.4 Å². The van der Waals surface area contributed by atoms with E-state index in [0.29, 0.717) is 23.0 Å². The normalized spacial score (nSPS) is 12.7. The van der Waals surface area contributed by atoms with E-state index in [2.05, 4.69) is 27.7 Å². The number of carbonyl (C=O) groups excluding carboxylic acids is 4. The topological polar surface area (TPSA) is 105 Å². The van der Waals surface area contributed by atoms with Crippen molar-refractivity contribution in [1.29, 1.82) is 0 Å². The molecule has 8 nitrogen and oxygen atoms in total. The molecule has 2 aromatic rings. The highest BCUT2D eigenvalue weighted by Gasteiger charge is 2.50. The Morgan fingerprint density at radius 3 is 0.932 bits per heavy atom. The molecule has 0 bridgehead atoms. The van der Waals surface area contributed by atoms with Gasteiger partial charge in [0.1, 0.15) is 0 Å². The number of esters is 4. The summed E-state index contributed by atoms with van der Waals surface area (Å²) in [4.78, 5) is 54.6. The Hall–Kier alpha value is -3.68. The lowest BCUT2D eigenvalue weighted by Gasteiger charge is -2.35. The predicted molar refractivity (Wildman–Crippen MR) is 169 cm³/mol. The lowest BCUT2D eigenvalue weighted by molar-refractivity contribution is -0.169. The van der Waals surface area contributed by atoms with Gasteiger partial charge in [0.15, 0.2) is 11.8 Å². The molecule has 0 radical (unpaired) electrons. The molecule has 0 amide bonds. The molecule has 0 aliphatic rings. The Morgan fingerprint density at radius 2 is 0.727 bits per heavy atom. The van der Waals surface area contributed by atoms with Crippen LogP contribution in [0.25, 0.3) is 0 Å². The minimum Gasteiger partial charge on any atom is -0.465 e. The van der Waals surface area contributed by atoms with E-state index in [9.17, 15) is 19.2 Å². The first kappa shape index (κ1) is 36.5. The average molecular weight is 611 g/mol. The third-order valence-corrected chi connectivity index (χ3v) is 7.28. The maximum Gasteiger partial charge on any atom is 0.320 e. The van der Waals surface area contributed by atoms with E-state index in [1.54, 1.807) is 27.7 Å². The van der Waals surface area contributed by atoms with Crippen LogP contribution in [0.2, 0.25) is 0 Å². The lowest BCUT2D eigenvalue weighted by Crippen LogP contribution is -2.42. The van der Waals surface area contributed by atoms with E-state index in [0.717, 1.165) is 24.0 Å². The molecule has 0 fully saturated rings. The van der Waals surface area contributed by atoms with Gasteiger partial charge in [-0.15, -0.1) is 0 Å². The molecule has 0 unspecified atom stereocenters. The lowest BCUT2D eigenvalue weighted by atomic mass is 9.68. The second-order valence-electron chi connectivity index (χ2n) is 11.7. The molecule has 242 valence electrons. The monoisotopic (exact) mass is 610 g/mol. The van der Waals surface area contributed by atoms with Crippen LogP contribution in [-0.4, -0.2) is 50.3 Å². The first-order chi connectivity index (χ1) is 21.0. The Balaban J connectivity index is 2.97. The maximum atomic E-state index is 13.7. The van der Waals surface area contributed by atoms with Crippen molar-refractivity contribution in [3.8, 4) is 0 Å². The largest absolute Gasteiger partial charge is 0.465 e. The molecule has 0 heterocycles. The van der Waals surface area contributed by atoms with Crippen molar-refractivity contribution in [2.24, 2.45) is 23.7 Å². The molecule has 0 aliphatic carbocycles. The van der Waals surface area contributed by atoms with Crippen LogP contribution < -0.4 is 0 Å². The zero-order chi connectivity index (χ0) is 32.8. The molecular formula is C36H50O8. The molecule has 0 spiro atoms. The number of benzene rings is 2. The number of hydrogen-bond acceptors (Lipinski definition) is 8. The van der Waals surface area contributed by atoms with Gasteiger partial charge in [-0.2, -0.15) is 0 Å². The fraction of sp³-hybridized carbons (Fsp3) is 0.556.